The number of hydrogen-bond acceptors (Lipinski definition) is 2. The number of fused-ring (bicyclic) bond motifs is 3. The van der Waals surface area contributed by atoms with Crippen LogP contribution >= 0.6 is 0 Å². The van der Waals surface area contributed by atoms with Gasteiger partial charge in [-0.3, -0.25) is 4.40 Å². The van der Waals surface area contributed by atoms with Crippen LogP contribution in [0.5, 0.6) is 0 Å². The average Bonchev–Trinajstić information content (AvgIpc) is 2.99. The summed E-state index contributed by atoms with van der Waals surface area (Å²) in [6, 6.07) is 16.8. The Kier molecular flexibility index (Phi) is 2.93. The van der Waals surface area contributed by atoms with E-state index in [9.17, 15) is 0 Å². The summed E-state index contributed by atoms with van der Waals surface area (Å²) in [5.41, 5.74) is 4.58. The van der Waals surface area contributed by atoms with Crippen LogP contribution in [0.2, 0.25) is 0 Å². The van der Waals surface area contributed by atoms with E-state index in [0.717, 1.165) is 28.8 Å². The molecule has 0 spiro atoms. The zero-order valence-electron chi connectivity index (χ0n) is 12.7. The summed E-state index contributed by atoms with van der Waals surface area (Å²) >= 11 is 0. The smallest absolute Gasteiger partial charge is 0.168 e. The van der Waals surface area contributed by atoms with E-state index in [-0.39, 0.29) is 0 Å². The van der Waals surface area contributed by atoms with Gasteiger partial charge in [0, 0.05) is 17.1 Å². The highest BCUT2D eigenvalue weighted by Crippen LogP contribution is 2.27. The molecule has 0 aliphatic carbocycles. The molecule has 22 heavy (non-hydrogen) atoms. The Labute approximate surface area is 129 Å². The van der Waals surface area contributed by atoms with Crippen LogP contribution in [0, 0.1) is 6.92 Å². The van der Waals surface area contributed by atoms with Crippen LogP contribution in [0.25, 0.3) is 27.8 Å². The Morgan fingerprint density at radius 1 is 0.909 bits per heavy atom. The summed E-state index contributed by atoms with van der Waals surface area (Å²) in [5.74, 6) is 0.899. The van der Waals surface area contributed by atoms with Gasteiger partial charge >= 0.3 is 0 Å². The van der Waals surface area contributed by atoms with Crippen molar-refractivity contribution in [1.29, 1.82) is 0 Å². The third-order valence-electron chi connectivity index (χ3n) is 4.19. The minimum absolute atomic E-state index is 0.899. The fraction of sp³-hybridized carbons (Fsp3) is 0.158. The summed E-state index contributed by atoms with van der Waals surface area (Å²) < 4.78 is 2.12. The number of hydrogen-bond donors (Lipinski definition) is 0. The number of aryl methyl sites for hydroxylation is 2. The molecule has 0 radical (unpaired) electrons. The fourth-order valence-electron chi connectivity index (χ4n) is 2.96. The summed E-state index contributed by atoms with van der Waals surface area (Å²) in [5, 5.41) is 11.3. The lowest BCUT2D eigenvalue weighted by atomic mass is 10.1. The van der Waals surface area contributed by atoms with Crippen molar-refractivity contribution in [3.8, 4) is 11.4 Å². The maximum Gasteiger partial charge on any atom is 0.168 e. The Bertz CT molecular complexity index is 965. The molecular weight excluding hydrogens is 270 g/mol. The van der Waals surface area contributed by atoms with Gasteiger partial charge in [0.1, 0.15) is 0 Å². The normalized spacial score (nSPS) is 11.4. The van der Waals surface area contributed by atoms with Crippen molar-refractivity contribution in [2.75, 3.05) is 0 Å². The largest absolute Gasteiger partial charge is 0.282 e. The zero-order valence-corrected chi connectivity index (χ0v) is 12.7. The Hall–Kier alpha value is -2.68. The lowest BCUT2D eigenvalue weighted by Gasteiger charge is -2.08. The van der Waals surface area contributed by atoms with E-state index in [2.05, 4.69) is 83.2 Å². The van der Waals surface area contributed by atoms with Gasteiger partial charge in [-0.25, -0.2) is 0 Å². The van der Waals surface area contributed by atoms with Crippen LogP contribution in [0.4, 0.5) is 0 Å². The first-order chi connectivity index (χ1) is 10.8. The van der Waals surface area contributed by atoms with Gasteiger partial charge in [0.15, 0.2) is 11.5 Å². The summed E-state index contributed by atoms with van der Waals surface area (Å²) in [6.45, 7) is 4.28. The van der Waals surface area contributed by atoms with E-state index in [0.29, 0.717) is 0 Å². The molecule has 3 nitrogen and oxygen atoms in total. The van der Waals surface area contributed by atoms with Gasteiger partial charge in [0.2, 0.25) is 0 Å². The molecule has 0 saturated heterocycles. The van der Waals surface area contributed by atoms with E-state index in [1.165, 1.54) is 16.5 Å². The highest BCUT2D eigenvalue weighted by Gasteiger charge is 2.12. The molecule has 2 heterocycles. The molecule has 3 heteroatoms. The van der Waals surface area contributed by atoms with E-state index in [1.54, 1.807) is 0 Å². The van der Waals surface area contributed by atoms with Crippen molar-refractivity contribution in [2.45, 2.75) is 20.3 Å². The van der Waals surface area contributed by atoms with E-state index >= 15 is 0 Å². The molecule has 4 aromatic rings. The molecule has 2 aromatic heterocycles. The first-order valence-electron chi connectivity index (χ1n) is 7.60. The van der Waals surface area contributed by atoms with Gasteiger partial charge < -0.3 is 0 Å². The summed E-state index contributed by atoms with van der Waals surface area (Å²) in [7, 11) is 0. The van der Waals surface area contributed by atoms with Crippen molar-refractivity contribution in [3.05, 3.63) is 65.9 Å². The van der Waals surface area contributed by atoms with Gasteiger partial charge in [-0.05, 0) is 24.3 Å². The van der Waals surface area contributed by atoms with Gasteiger partial charge in [-0.15, -0.1) is 10.2 Å². The SMILES string of the molecule is CCc1cn2c(-c3ccc(C)cc3)nnc2c2ccccc12. The third kappa shape index (κ3) is 1.90. The molecule has 0 unspecified atom stereocenters. The number of benzene rings is 2. The Morgan fingerprint density at radius 3 is 2.36 bits per heavy atom. The Balaban J connectivity index is 2.06. The molecule has 2 aromatic carbocycles. The minimum Gasteiger partial charge on any atom is -0.282 e. The molecular formula is C19H17N3. The number of aromatic nitrogens is 3. The monoisotopic (exact) mass is 287 g/mol. The predicted molar refractivity (Wildman–Crippen MR) is 90.0 cm³/mol. The van der Waals surface area contributed by atoms with E-state index in [4.69, 9.17) is 0 Å². The van der Waals surface area contributed by atoms with Gasteiger partial charge in [0.05, 0.1) is 0 Å². The second kappa shape index (κ2) is 4.95. The molecule has 0 bridgehead atoms. The standard InChI is InChI=1S/C19H17N3/c1-3-14-12-22-18(15-10-8-13(2)9-11-15)20-21-19(22)17-7-5-4-6-16(14)17/h4-12H,3H2,1-2H3. The number of nitrogens with zero attached hydrogens (tertiary/aromatic N) is 3. The third-order valence-corrected chi connectivity index (χ3v) is 4.19. The van der Waals surface area contributed by atoms with Crippen LogP contribution in [-0.2, 0) is 6.42 Å². The first-order valence-corrected chi connectivity index (χ1v) is 7.60. The highest BCUT2D eigenvalue weighted by atomic mass is 15.2. The van der Waals surface area contributed by atoms with Gasteiger partial charge in [-0.1, -0.05) is 61.0 Å². The highest BCUT2D eigenvalue weighted by molar-refractivity contribution is 5.96. The maximum absolute atomic E-state index is 4.43. The molecule has 4 rings (SSSR count). The molecule has 0 saturated carbocycles. The quantitative estimate of drug-likeness (QED) is 0.546. The molecule has 0 fully saturated rings. The Morgan fingerprint density at radius 2 is 1.64 bits per heavy atom. The molecule has 0 amide bonds. The van der Waals surface area contributed by atoms with E-state index < -0.39 is 0 Å². The number of rotatable bonds is 2. The predicted octanol–water partition coefficient (Wildman–Crippen LogP) is 4.42. The van der Waals surface area contributed by atoms with Crippen molar-refractivity contribution >= 4 is 16.4 Å². The van der Waals surface area contributed by atoms with Crippen LogP contribution in [0.3, 0.4) is 0 Å². The second-order valence-corrected chi connectivity index (χ2v) is 5.64. The lowest BCUT2D eigenvalue weighted by molar-refractivity contribution is 1.08. The fourth-order valence-corrected chi connectivity index (χ4v) is 2.96. The molecule has 0 aliphatic heterocycles. The average molecular weight is 287 g/mol. The van der Waals surface area contributed by atoms with Crippen molar-refractivity contribution in [1.82, 2.24) is 14.6 Å². The van der Waals surface area contributed by atoms with Crippen molar-refractivity contribution in [2.24, 2.45) is 0 Å². The molecule has 0 aliphatic rings. The second-order valence-electron chi connectivity index (χ2n) is 5.64. The van der Waals surface area contributed by atoms with Gasteiger partial charge in [0.25, 0.3) is 0 Å². The maximum atomic E-state index is 4.43. The van der Waals surface area contributed by atoms with Crippen LogP contribution in [-0.4, -0.2) is 14.6 Å². The molecule has 108 valence electrons. The van der Waals surface area contributed by atoms with Crippen LogP contribution in [0.1, 0.15) is 18.1 Å². The first kappa shape index (κ1) is 13.0. The van der Waals surface area contributed by atoms with Crippen molar-refractivity contribution < 1.29 is 0 Å². The number of pyridine rings is 1. The van der Waals surface area contributed by atoms with Crippen LogP contribution in [0.15, 0.2) is 54.7 Å². The minimum atomic E-state index is 0.899. The topological polar surface area (TPSA) is 30.2 Å². The van der Waals surface area contributed by atoms with E-state index in [1.807, 2.05) is 0 Å². The summed E-state index contributed by atoms with van der Waals surface area (Å²) in [4.78, 5) is 0. The summed E-state index contributed by atoms with van der Waals surface area (Å²) in [6.07, 6.45) is 3.16. The molecule has 0 N–H and O–H groups in total. The van der Waals surface area contributed by atoms with Crippen molar-refractivity contribution in [3.63, 3.8) is 0 Å². The van der Waals surface area contributed by atoms with Crippen LogP contribution < -0.4 is 0 Å². The van der Waals surface area contributed by atoms with Gasteiger partial charge in [-0.2, -0.15) is 0 Å². The lowest BCUT2D eigenvalue weighted by Crippen LogP contribution is -1.95. The zero-order chi connectivity index (χ0) is 15.1. The molecule has 0 atom stereocenters.